The lowest BCUT2D eigenvalue weighted by molar-refractivity contribution is -0.152. The van der Waals surface area contributed by atoms with Crippen LogP contribution in [-0.4, -0.2) is 58.4 Å². The molecule has 0 amide bonds. The van der Waals surface area contributed by atoms with Crippen LogP contribution < -0.4 is 0 Å². The minimum Gasteiger partial charge on any atom is -0.465 e. The van der Waals surface area contributed by atoms with E-state index in [1.54, 1.807) is 36.7 Å². The molecule has 3 aliphatic rings. The molecule has 1 saturated carbocycles. The van der Waals surface area contributed by atoms with Crippen LogP contribution in [0.1, 0.15) is 86.1 Å². The summed E-state index contributed by atoms with van der Waals surface area (Å²) in [7, 11) is 0. The van der Waals surface area contributed by atoms with Crippen molar-refractivity contribution in [2.75, 3.05) is 6.61 Å². The SMILES string of the molecule is CC(C)=C1CC[C@]2(COC(=O)Cc3ccccc3)[C@@H](OC(=O)c3cccnc3)/C=C(\C)CC[C@@H]3O[C@@]3(C)C[C@@H](OC(=O)c3cccnc3)[C@@H]12. The van der Waals surface area contributed by atoms with Gasteiger partial charge in [0.1, 0.15) is 18.8 Å². The Morgan fingerprint density at radius 1 is 0.898 bits per heavy atom. The van der Waals surface area contributed by atoms with E-state index in [1.165, 1.54) is 12.4 Å². The summed E-state index contributed by atoms with van der Waals surface area (Å²) in [6.45, 7) is 8.15. The van der Waals surface area contributed by atoms with Gasteiger partial charge in [-0.05, 0) is 89.3 Å². The lowest BCUT2D eigenvalue weighted by Crippen LogP contribution is -2.50. The Labute approximate surface area is 287 Å². The van der Waals surface area contributed by atoms with E-state index >= 15 is 0 Å². The van der Waals surface area contributed by atoms with Crippen molar-refractivity contribution in [1.82, 2.24) is 9.97 Å². The fourth-order valence-corrected chi connectivity index (χ4v) is 7.61. The number of pyridine rings is 2. The Balaban J connectivity index is 1.46. The van der Waals surface area contributed by atoms with Crippen LogP contribution in [0.3, 0.4) is 0 Å². The molecule has 2 aliphatic carbocycles. The fraction of sp³-hybridized carbons (Fsp3) is 0.425. The standard InChI is InChI=1S/C40H44N2O7/c1-26(2)31-16-17-40(25-46-35(43)21-28-10-6-5-7-11-28)34(48-38(45)30-13-9-19-42-24-30)20-27(3)14-15-33-39(4,49-33)22-32(36(31)40)47-37(44)29-12-8-18-41-23-29/h5-13,18-20,23-24,32-34,36H,14-17,21-22,25H2,1-4H3/b27-20+/t32-,33+,34+,36-,39+,40+/m1/s1. The number of benzene rings is 1. The summed E-state index contributed by atoms with van der Waals surface area (Å²) in [6, 6.07) is 16.2. The predicted molar refractivity (Wildman–Crippen MR) is 182 cm³/mol. The molecular weight excluding hydrogens is 620 g/mol. The molecule has 9 nitrogen and oxygen atoms in total. The number of aromatic nitrogens is 2. The number of hydrogen-bond donors (Lipinski definition) is 0. The monoisotopic (exact) mass is 664 g/mol. The van der Waals surface area contributed by atoms with Gasteiger partial charge in [-0.25, -0.2) is 9.59 Å². The van der Waals surface area contributed by atoms with Crippen LogP contribution in [-0.2, 0) is 30.2 Å². The summed E-state index contributed by atoms with van der Waals surface area (Å²) >= 11 is 0. The molecular formula is C40H44N2O7. The average molecular weight is 665 g/mol. The zero-order valence-corrected chi connectivity index (χ0v) is 28.6. The molecule has 1 aliphatic heterocycles. The lowest BCUT2D eigenvalue weighted by Gasteiger charge is -2.43. The molecule has 6 rings (SSSR count). The predicted octanol–water partition coefficient (Wildman–Crippen LogP) is 7.03. The van der Waals surface area contributed by atoms with E-state index in [-0.39, 0.29) is 19.1 Å². The van der Waals surface area contributed by atoms with E-state index in [1.807, 2.05) is 57.2 Å². The molecule has 9 heteroatoms. The zero-order valence-electron chi connectivity index (χ0n) is 28.6. The van der Waals surface area contributed by atoms with Crippen LogP contribution in [0.2, 0.25) is 0 Å². The second kappa shape index (κ2) is 14.5. The number of carbonyl (C=O) groups is 3. The number of fused-ring (bicyclic) bond motifs is 2. The quantitative estimate of drug-likeness (QED) is 0.108. The van der Waals surface area contributed by atoms with Crippen molar-refractivity contribution >= 4 is 17.9 Å². The highest BCUT2D eigenvalue weighted by Crippen LogP contribution is 2.57. The summed E-state index contributed by atoms with van der Waals surface area (Å²) in [5.74, 6) is -1.88. The number of nitrogens with zero attached hydrogens (tertiary/aromatic N) is 2. The number of esters is 3. The van der Waals surface area contributed by atoms with E-state index in [4.69, 9.17) is 18.9 Å². The van der Waals surface area contributed by atoms with Gasteiger partial charge in [0.25, 0.3) is 0 Å². The average Bonchev–Trinajstić information content (AvgIpc) is 3.57. The van der Waals surface area contributed by atoms with Crippen molar-refractivity contribution in [3.63, 3.8) is 0 Å². The van der Waals surface area contributed by atoms with E-state index < -0.39 is 47.0 Å². The fourth-order valence-electron chi connectivity index (χ4n) is 7.61. The Bertz CT molecular complexity index is 1720. The second-order valence-electron chi connectivity index (χ2n) is 14.0. The molecule has 2 aromatic heterocycles. The topological polar surface area (TPSA) is 117 Å². The first-order valence-corrected chi connectivity index (χ1v) is 17.0. The van der Waals surface area contributed by atoms with Crippen molar-refractivity contribution in [3.05, 3.63) is 119 Å². The highest BCUT2D eigenvalue weighted by molar-refractivity contribution is 5.89. The van der Waals surface area contributed by atoms with Crippen LogP contribution in [0.15, 0.2) is 102 Å². The third kappa shape index (κ3) is 7.67. The maximum Gasteiger partial charge on any atom is 0.340 e. The largest absolute Gasteiger partial charge is 0.465 e. The van der Waals surface area contributed by atoms with Crippen LogP contribution in [0.4, 0.5) is 0 Å². The van der Waals surface area contributed by atoms with Gasteiger partial charge in [0.05, 0.1) is 34.7 Å². The van der Waals surface area contributed by atoms with Crippen LogP contribution in [0.25, 0.3) is 0 Å². The summed E-state index contributed by atoms with van der Waals surface area (Å²) in [5.41, 5.74) is 3.21. The third-order valence-electron chi connectivity index (χ3n) is 10.3. The van der Waals surface area contributed by atoms with E-state index in [0.29, 0.717) is 30.4 Å². The van der Waals surface area contributed by atoms with Crippen LogP contribution in [0, 0.1) is 11.3 Å². The van der Waals surface area contributed by atoms with E-state index in [9.17, 15) is 14.4 Å². The molecule has 0 unspecified atom stereocenters. The lowest BCUT2D eigenvalue weighted by atomic mass is 9.68. The molecule has 256 valence electrons. The first-order valence-electron chi connectivity index (χ1n) is 17.0. The van der Waals surface area contributed by atoms with Crippen LogP contribution in [0.5, 0.6) is 0 Å². The maximum absolute atomic E-state index is 13.8. The Morgan fingerprint density at radius 3 is 2.20 bits per heavy atom. The molecule has 0 radical (unpaired) electrons. The van der Waals surface area contributed by atoms with Crippen LogP contribution >= 0.6 is 0 Å². The number of epoxide rings is 1. The minimum absolute atomic E-state index is 0.0143. The summed E-state index contributed by atoms with van der Waals surface area (Å²) in [6.07, 6.45) is 9.88. The Morgan fingerprint density at radius 2 is 1.57 bits per heavy atom. The molecule has 1 saturated heterocycles. The molecule has 0 bridgehead atoms. The normalized spacial score (nSPS) is 28.8. The Kier molecular flexibility index (Phi) is 10.1. The first kappa shape index (κ1) is 34.2. The Hall–Kier alpha value is -4.63. The highest BCUT2D eigenvalue weighted by atomic mass is 16.6. The molecule has 0 spiro atoms. The molecule has 2 fully saturated rings. The van der Waals surface area contributed by atoms with Gasteiger partial charge in [0.2, 0.25) is 0 Å². The van der Waals surface area contributed by atoms with Gasteiger partial charge in [0, 0.05) is 37.1 Å². The van der Waals surface area contributed by atoms with E-state index in [0.717, 1.165) is 35.1 Å². The highest BCUT2D eigenvalue weighted by Gasteiger charge is 2.61. The van der Waals surface area contributed by atoms with Crippen molar-refractivity contribution in [3.8, 4) is 0 Å². The van der Waals surface area contributed by atoms with Gasteiger partial charge in [-0.3, -0.25) is 14.8 Å². The number of hydrogen-bond acceptors (Lipinski definition) is 9. The minimum atomic E-state index is -0.969. The number of carbonyl (C=O) groups excluding carboxylic acids is 3. The second-order valence-corrected chi connectivity index (χ2v) is 14.0. The van der Waals surface area contributed by atoms with Gasteiger partial charge in [0.15, 0.2) is 0 Å². The molecule has 3 heterocycles. The van der Waals surface area contributed by atoms with E-state index in [2.05, 4.69) is 16.9 Å². The number of rotatable bonds is 8. The van der Waals surface area contributed by atoms with Crippen molar-refractivity contribution in [2.45, 2.75) is 90.1 Å². The van der Waals surface area contributed by atoms with Gasteiger partial charge >= 0.3 is 17.9 Å². The van der Waals surface area contributed by atoms with Gasteiger partial charge in [-0.15, -0.1) is 0 Å². The van der Waals surface area contributed by atoms with Crippen molar-refractivity contribution < 1.29 is 33.3 Å². The molecule has 0 N–H and O–H groups in total. The zero-order chi connectivity index (χ0) is 34.6. The molecule has 49 heavy (non-hydrogen) atoms. The number of ether oxygens (including phenoxy) is 4. The molecule has 3 aromatic rings. The van der Waals surface area contributed by atoms with Gasteiger partial charge in [-0.1, -0.05) is 47.1 Å². The molecule has 6 atom stereocenters. The maximum atomic E-state index is 13.8. The first-order chi connectivity index (χ1) is 23.6. The summed E-state index contributed by atoms with van der Waals surface area (Å²) < 4.78 is 25.5. The van der Waals surface area contributed by atoms with Crippen molar-refractivity contribution in [1.29, 1.82) is 0 Å². The smallest absolute Gasteiger partial charge is 0.340 e. The third-order valence-corrected chi connectivity index (χ3v) is 10.3. The van der Waals surface area contributed by atoms with Gasteiger partial charge in [-0.2, -0.15) is 0 Å². The number of allylic oxidation sites excluding steroid dienone is 2. The van der Waals surface area contributed by atoms with Crippen molar-refractivity contribution in [2.24, 2.45) is 11.3 Å². The van der Waals surface area contributed by atoms with Gasteiger partial charge < -0.3 is 18.9 Å². The summed E-state index contributed by atoms with van der Waals surface area (Å²) in [5, 5.41) is 0. The summed E-state index contributed by atoms with van der Waals surface area (Å²) in [4.78, 5) is 49.3. The molecule has 1 aromatic carbocycles.